The molecule has 0 amide bonds. The molecule has 1 heterocycles. The second-order valence-electron chi connectivity index (χ2n) is 8.31. The number of aromatic nitrogens is 1. The Labute approximate surface area is 172 Å². The lowest BCUT2D eigenvalue weighted by Crippen LogP contribution is -2.21. The van der Waals surface area contributed by atoms with Crippen molar-refractivity contribution in [2.45, 2.75) is 39.0 Å². The van der Waals surface area contributed by atoms with E-state index in [1.54, 1.807) is 13.8 Å². The fourth-order valence-corrected chi connectivity index (χ4v) is 4.48. The molecule has 1 saturated carbocycles. The van der Waals surface area contributed by atoms with Crippen LogP contribution in [0.15, 0.2) is 53.8 Å². The molecule has 7 heteroatoms. The maximum atomic E-state index is 12.7. The second kappa shape index (κ2) is 6.94. The summed E-state index contributed by atoms with van der Waals surface area (Å²) in [5, 5.41) is -1.18. The van der Waals surface area contributed by atoms with Crippen molar-refractivity contribution in [1.82, 2.24) is 4.57 Å². The lowest BCUT2D eigenvalue weighted by atomic mass is 10.1. The molecule has 0 N–H and O–H groups in total. The van der Waals surface area contributed by atoms with E-state index in [1.807, 2.05) is 47.3 Å². The van der Waals surface area contributed by atoms with Crippen LogP contribution in [0.5, 0.6) is 0 Å². The highest BCUT2D eigenvalue weighted by molar-refractivity contribution is 6.30. The van der Waals surface area contributed by atoms with Crippen LogP contribution in [0.3, 0.4) is 0 Å². The molecular weight excluding hydrogens is 403 g/mol. The topological polar surface area (TPSA) is 31.2 Å². The Kier molecular flexibility index (Phi) is 4.80. The number of carbonyl (C=O) groups excluding carboxylic acids is 1. The van der Waals surface area contributed by atoms with Crippen LogP contribution in [0.2, 0.25) is 0 Å². The molecule has 3 atom stereocenters. The predicted molar refractivity (Wildman–Crippen MR) is 104 cm³/mol. The zero-order valence-electron chi connectivity index (χ0n) is 16.0. The summed E-state index contributed by atoms with van der Waals surface area (Å²) in [6.07, 6.45) is 1.15. The summed E-state index contributed by atoms with van der Waals surface area (Å²) in [7, 11) is 0. The van der Waals surface area contributed by atoms with Gasteiger partial charge < -0.3 is 9.30 Å². The minimum absolute atomic E-state index is 0.312. The Morgan fingerprint density at radius 2 is 1.90 bits per heavy atom. The minimum atomic E-state index is -4.60. The molecule has 2 aliphatic carbocycles. The van der Waals surface area contributed by atoms with Gasteiger partial charge in [-0.25, -0.2) is 0 Å². The van der Waals surface area contributed by atoms with Crippen LogP contribution in [0.4, 0.5) is 13.2 Å². The molecule has 0 spiro atoms. The molecule has 0 radical (unpaired) electrons. The Balaban J connectivity index is 1.46. The molecule has 0 saturated heterocycles. The third kappa shape index (κ3) is 3.70. The van der Waals surface area contributed by atoms with Gasteiger partial charge in [-0.3, -0.25) is 4.79 Å². The third-order valence-electron chi connectivity index (χ3n) is 6.05. The number of benzene rings is 1. The van der Waals surface area contributed by atoms with Crippen molar-refractivity contribution in [2.24, 2.45) is 17.3 Å². The van der Waals surface area contributed by atoms with Crippen molar-refractivity contribution in [1.29, 1.82) is 0 Å². The van der Waals surface area contributed by atoms with Gasteiger partial charge in [0.05, 0.1) is 5.92 Å². The second-order valence-corrected chi connectivity index (χ2v) is 8.72. The molecule has 3 nitrogen and oxygen atoms in total. The molecule has 29 heavy (non-hydrogen) atoms. The monoisotopic (exact) mass is 423 g/mol. The Morgan fingerprint density at radius 1 is 1.21 bits per heavy atom. The number of halogens is 4. The molecule has 2 aromatic rings. The smallest absolute Gasteiger partial charge is 0.426 e. The molecule has 1 aromatic heterocycles. The average Bonchev–Trinajstić information content (AvgIpc) is 3.08. The van der Waals surface area contributed by atoms with Gasteiger partial charge in [-0.05, 0) is 40.7 Å². The number of ether oxygens (including phenoxy) is 1. The van der Waals surface area contributed by atoms with Crippen LogP contribution in [-0.2, 0) is 22.4 Å². The zero-order valence-corrected chi connectivity index (χ0v) is 16.8. The summed E-state index contributed by atoms with van der Waals surface area (Å²) < 4.78 is 45.9. The fraction of sp³-hybridized carbons (Fsp3) is 0.409. The first-order chi connectivity index (χ1) is 13.6. The standard InChI is InChI=1S/C22H21ClF3NO2/c1-21(2)16(12-18(23)22(24,25)26)19(21)20(28)29-14-10-13-6-5-7-17(15(13)11-14)27-8-3-4-9-27/h3-9,12,14,16,19H,10-11H2,1-2H3. The van der Waals surface area contributed by atoms with Crippen molar-refractivity contribution in [3.8, 4) is 5.69 Å². The lowest BCUT2D eigenvalue weighted by molar-refractivity contribution is -0.151. The first-order valence-corrected chi connectivity index (χ1v) is 9.86. The van der Waals surface area contributed by atoms with E-state index in [1.165, 1.54) is 0 Å². The number of hydrogen-bond donors (Lipinski definition) is 0. The maximum absolute atomic E-state index is 12.7. The molecule has 1 aromatic carbocycles. The highest BCUT2D eigenvalue weighted by atomic mass is 35.5. The first kappa shape index (κ1) is 20.1. The van der Waals surface area contributed by atoms with Gasteiger partial charge in [0.2, 0.25) is 0 Å². The molecule has 0 aliphatic heterocycles. The summed E-state index contributed by atoms with van der Waals surface area (Å²) in [4.78, 5) is 12.7. The molecule has 0 bridgehead atoms. The Bertz CT molecular complexity index is 963. The van der Waals surface area contributed by atoms with Crippen molar-refractivity contribution in [3.63, 3.8) is 0 Å². The van der Waals surface area contributed by atoms with Crippen LogP contribution in [0, 0.1) is 17.3 Å². The summed E-state index contributed by atoms with van der Waals surface area (Å²) in [5.41, 5.74) is 2.70. The van der Waals surface area contributed by atoms with Crippen molar-refractivity contribution in [2.75, 3.05) is 0 Å². The molecule has 1 fully saturated rings. The van der Waals surface area contributed by atoms with Gasteiger partial charge in [0.1, 0.15) is 11.1 Å². The van der Waals surface area contributed by atoms with E-state index < -0.39 is 34.4 Å². The quantitative estimate of drug-likeness (QED) is 0.613. The third-order valence-corrected chi connectivity index (χ3v) is 6.39. The summed E-state index contributed by atoms with van der Waals surface area (Å²) in [6, 6.07) is 9.91. The number of nitrogens with zero attached hydrogens (tertiary/aromatic N) is 1. The van der Waals surface area contributed by atoms with E-state index in [2.05, 4.69) is 0 Å². The molecule has 154 valence electrons. The van der Waals surface area contributed by atoms with Gasteiger partial charge in [0.15, 0.2) is 0 Å². The molecular formula is C22H21ClF3NO2. The normalized spacial score (nSPS) is 25.6. The van der Waals surface area contributed by atoms with Gasteiger partial charge in [-0.2, -0.15) is 13.2 Å². The highest BCUT2D eigenvalue weighted by Gasteiger charge is 2.62. The van der Waals surface area contributed by atoms with Crippen LogP contribution < -0.4 is 0 Å². The number of alkyl halides is 3. The van der Waals surface area contributed by atoms with Crippen molar-refractivity contribution < 1.29 is 22.7 Å². The van der Waals surface area contributed by atoms with Crippen LogP contribution >= 0.6 is 11.6 Å². The number of fused-ring (bicyclic) bond motifs is 1. The van der Waals surface area contributed by atoms with Gasteiger partial charge in [-0.15, -0.1) is 0 Å². The number of allylic oxidation sites excluding steroid dienone is 2. The molecule has 3 unspecified atom stereocenters. The van der Waals surface area contributed by atoms with Crippen LogP contribution in [0.1, 0.15) is 25.0 Å². The highest BCUT2D eigenvalue weighted by Crippen LogP contribution is 2.60. The first-order valence-electron chi connectivity index (χ1n) is 9.48. The average molecular weight is 424 g/mol. The Morgan fingerprint density at radius 3 is 2.55 bits per heavy atom. The number of carbonyl (C=O) groups is 1. The number of hydrogen-bond acceptors (Lipinski definition) is 2. The lowest BCUT2D eigenvalue weighted by Gasteiger charge is -2.13. The van der Waals surface area contributed by atoms with E-state index in [-0.39, 0.29) is 6.10 Å². The van der Waals surface area contributed by atoms with Gasteiger partial charge in [0, 0.05) is 30.9 Å². The van der Waals surface area contributed by atoms with Crippen molar-refractivity contribution >= 4 is 17.6 Å². The zero-order chi connectivity index (χ0) is 21.0. The van der Waals surface area contributed by atoms with Crippen LogP contribution in [0.25, 0.3) is 5.69 Å². The van der Waals surface area contributed by atoms with Gasteiger partial charge >= 0.3 is 12.1 Å². The van der Waals surface area contributed by atoms with E-state index >= 15 is 0 Å². The van der Waals surface area contributed by atoms with E-state index in [0.717, 1.165) is 22.9 Å². The van der Waals surface area contributed by atoms with E-state index in [4.69, 9.17) is 16.3 Å². The van der Waals surface area contributed by atoms with Gasteiger partial charge in [0.25, 0.3) is 0 Å². The number of rotatable bonds is 4. The molecule has 4 rings (SSSR count). The summed E-state index contributed by atoms with van der Waals surface area (Å²) in [5.74, 6) is -1.65. The summed E-state index contributed by atoms with van der Waals surface area (Å²) >= 11 is 5.37. The van der Waals surface area contributed by atoms with Crippen molar-refractivity contribution in [3.05, 3.63) is 65.0 Å². The fourth-order valence-electron chi connectivity index (χ4n) is 4.34. The number of esters is 1. The maximum Gasteiger partial charge on any atom is 0.426 e. The van der Waals surface area contributed by atoms with E-state index in [9.17, 15) is 18.0 Å². The predicted octanol–water partition coefficient (Wildman–Crippen LogP) is 5.44. The minimum Gasteiger partial charge on any atom is -0.461 e. The molecule has 2 aliphatic rings. The largest absolute Gasteiger partial charge is 0.461 e. The Hall–Kier alpha value is -2.21. The SMILES string of the molecule is CC1(C)C(C=C(Cl)C(F)(F)F)C1C(=O)OC1Cc2cccc(-n3cccc3)c2C1. The van der Waals surface area contributed by atoms with Gasteiger partial charge in [-0.1, -0.05) is 43.7 Å². The summed E-state index contributed by atoms with van der Waals surface area (Å²) in [6.45, 7) is 3.52. The van der Waals surface area contributed by atoms with E-state index in [0.29, 0.717) is 12.8 Å². The van der Waals surface area contributed by atoms with Crippen LogP contribution in [-0.4, -0.2) is 22.8 Å².